The molecule has 0 saturated carbocycles. The minimum atomic E-state index is 0.625. The summed E-state index contributed by atoms with van der Waals surface area (Å²) in [5.74, 6) is 2.07. The molecule has 0 N–H and O–H groups in total. The van der Waals surface area contributed by atoms with Crippen molar-refractivity contribution in [1.29, 1.82) is 0 Å². The van der Waals surface area contributed by atoms with Gasteiger partial charge in [-0.05, 0) is 73.0 Å². The zero-order chi connectivity index (χ0) is 17.1. The van der Waals surface area contributed by atoms with E-state index in [4.69, 9.17) is 0 Å². The zero-order valence-corrected chi connectivity index (χ0v) is 17.2. The van der Waals surface area contributed by atoms with Crippen LogP contribution in [0.15, 0.2) is 48.5 Å². The molecule has 0 radical (unpaired) electrons. The fourth-order valence-corrected chi connectivity index (χ4v) is 4.71. The van der Waals surface area contributed by atoms with E-state index in [9.17, 15) is 0 Å². The van der Waals surface area contributed by atoms with Crippen LogP contribution in [0.25, 0.3) is 0 Å². The van der Waals surface area contributed by atoms with Gasteiger partial charge in [-0.25, -0.2) is 0 Å². The van der Waals surface area contributed by atoms with Gasteiger partial charge in [-0.2, -0.15) is 0 Å². The van der Waals surface area contributed by atoms with Crippen LogP contribution in [0, 0.1) is 5.92 Å². The molecule has 3 aliphatic rings. The van der Waals surface area contributed by atoms with E-state index in [1.54, 1.807) is 22.3 Å². The van der Waals surface area contributed by atoms with Crippen LogP contribution in [0.2, 0.25) is 0 Å². The molecule has 2 aromatic carbocycles. The van der Waals surface area contributed by atoms with E-state index in [0.29, 0.717) is 11.8 Å². The van der Waals surface area contributed by atoms with Crippen molar-refractivity contribution >= 4 is 22.6 Å². The third kappa shape index (κ3) is 3.28. The first-order chi connectivity index (χ1) is 11.8. The highest BCUT2D eigenvalue weighted by molar-refractivity contribution is 14.1. The lowest BCUT2D eigenvalue weighted by Gasteiger charge is -2.45. The number of fused-ring (bicyclic) bond motifs is 1. The Bertz CT molecular complexity index is 632. The summed E-state index contributed by atoms with van der Waals surface area (Å²) in [6, 6.07) is 18.3. The standard InChI is InChI=1S/C21H25N.CH3I/c1-22(2)13-7-8-15-14-20-16-9-3-5-11-18(16)21(15)19-12-6-4-10-17(19)20;1-2/h3-6,9-12,15,20-21H,7-8,13-14H2,1-2H3;1H3. The van der Waals surface area contributed by atoms with Crippen molar-refractivity contribution < 1.29 is 0 Å². The number of rotatable bonds is 4. The molecule has 128 valence electrons. The summed E-state index contributed by atoms with van der Waals surface area (Å²) in [6.07, 6.45) is 4.00. The van der Waals surface area contributed by atoms with Crippen LogP contribution < -0.4 is 0 Å². The Morgan fingerprint density at radius 1 is 0.875 bits per heavy atom. The highest BCUT2D eigenvalue weighted by atomic mass is 127. The zero-order valence-electron chi connectivity index (χ0n) is 15.0. The normalized spacial score (nSPS) is 23.3. The molecule has 0 saturated heterocycles. The maximum atomic E-state index is 2.38. The van der Waals surface area contributed by atoms with E-state index in [1.165, 1.54) is 25.8 Å². The summed E-state index contributed by atoms with van der Waals surface area (Å²) in [6.45, 7) is 1.21. The lowest BCUT2D eigenvalue weighted by atomic mass is 9.58. The first-order valence-corrected chi connectivity index (χ1v) is 11.1. The molecule has 0 aliphatic heterocycles. The first kappa shape index (κ1) is 17.9. The van der Waals surface area contributed by atoms with E-state index >= 15 is 0 Å². The third-order valence-electron chi connectivity index (χ3n) is 5.60. The minimum Gasteiger partial charge on any atom is -0.309 e. The van der Waals surface area contributed by atoms with Gasteiger partial charge in [0.25, 0.3) is 0 Å². The summed E-state index contributed by atoms with van der Waals surface area (Å²) in [5, 5.41) is 0. The van der Waals surface area contributed by atoms with Crippen LogP contribution in [0.3, 0.4) is 0 Å². The number of alkyl halides is 1. The molecular formula is C22H28IN. The molecule has 3 aliphatic carbocycles. The summed E-state index contributed by atoms with van der Waals surface area (Å²) >= 11 is 2.15. The summed E-state index contributed by atoms with van der Waals surface area (Å²) in [4.78, 5) is 4.28. The van der Waals surface area contributed by atoms with Crippen molar-refractivity contribution in [3.63, 3.8) is 0 Å². The third-order valence-corrected chi connectivity index (χ3v) is 5.60. The van der Waals surface area contributed by atoms with Gasteiger partial charge in [0.15, 0.2) is 0 Å². The van der Waals surface area contributed by atoms with Crippen LogP contribution in [0.5, 0.6) is 0 Å². The number of hydrogen-bond acceptors (Lipinski definition) is 1. The van der Waals surface area contributed by atoms with Gasteiger partial charge in [-0.1, -0.05) is 71.1 Å². The van der Waals surface area contributed by atoms with Gasteiger partial charge < -0.3 is 4.90 Å². The molecule has 1 nitrogen and oxygen atoms in total. The fourth-order valence-electron chi connectivity index (χ4n) is 4.71. The minimum absolute atomic E-state index is 0.625. The molecular weight excluding hydrogens is 405 g/mol. The highest BCUT2D eigenvalue weighted by Gasteiger charge is 2.42. The Morgan fingerprint density at radius 2 is 1.38 bits per heavy atom. The Balaban J connectivity index is 0.000000815. The van der Waals surface area contributed by atoms with Gasteiger partial charge in [-0.15, -0.1) is 0 Å². The average Bonchev–Trinajstić information content (AvgIpc) is 2.63. The topological polar surface area (TPSA) is 3.24 Å². The molecule has 2 aromatic rings. The van der Waals surface area contributed by atoms with Crippen LogP contribution in [-0.4, -0.2) is 30.5 Å². The maximum Gasteiger partial charge on any atom is 0.0124 e. The number of halogens is 1. The number of hydrogen-bond donors (Lipinski definition) is 0. The lowest BCUT2D eigenvalue weighted by molar-refractivity contribution is 0.304. The second kappa shape index (κ2) is 8.01. The van der Waals surface area contributed by atoms with E-state index in [1.807, 2.05) is 4.93 Å². The van der Waals surface area contributed by atoms with Crippen LogP contribution >= 0.6 is 22.6 Å². The molecule has 5 rings (SSSR count). The molecule has 1 atom stereocenters. The molecule has 1 unspecified atom stereocenters. The van der Waals surface area contributed by atoms with Gasteiger partial charge in [0, 0.05) is 11.8 Å². The molecule has 0 heterocycles. The molecule has 0 aromatic heterocycles. The Morgan fingerprint density at radius 3 is 1.88 bits per heavy atom. The predicted molar refractivity (Wildman–Crippen MR) is 112 cm³/mol. The lowest BCUT2D eigenvalue weighted by Crippen LogP contribution is -2.32. The van der Waals surface area contributed by atoms with Gasteiger partial charge in [-0.3, -0.25) is 0 Å². The summed E-state index contributed by atoms with van der Waals surface area (Å²) < 4.78 is 0. The largest absolute Gasteiger partial charge is 0.309 e. The van der Waals surface area contributed by atoms with Crippen molar-refractivity contribution in [1.82, 2.24) is 4.90 Å². The van der Waals surface area contributed by atoms with E-state index in [0.717, 1.165) is 5.92 Å². The molecule has 0 fully saturated rings. The highest BCUT2D eigenvalue weighted by Crippen LogP contribution is 2.56. The molecule has 2 bridgehead atoms. The van der Waals surface area contributed by atoms with Crippen molar-refractivity contribution in [2.75, 3.05) is 25.6 Å². The van der Waals surface area contributed by atoms with Gasteiger partial charge in [0.05, 0.1) is 0 Å². The van der Waals surface area contributed by atoms with Gasteiger partial charge in [0.1, 0.15) is 0 Å². The van der Waals surface area contributed by atoms with Crippen LogP contribution in [0.4, 0.5) is 0 Å². The fraction of sp³-hybridized carbons (Fsp3) is 0.455. The molecule has 24 heavy (non-hydrogen) atoms. The second-order valence-electron chi connectivity index (χ2n) is 7.23. The number of nitrogens with zero attached hydrogens (tertiary/aromatic N) is 1. The van der Waals surface area contributed by atoms with E-state index < -0.39 is 0 Å². The Hall–Kier alpha value is -0.870. The van der Waals surface area contributed by atoms with Crippen molar-refractivity contribution in [2.45, 2.75) is 31.1 Å². The Labute approximate surface area is 160 Å². The maximum absolute atomic E-state index is 2.38. The quantitative estimate of drug-likeness (QED) is 0.443. The van der Waals surface area contributed by atoms with E-state index in [-0.39, 0.29) is 0 Å². The monoisotopic (exact) mass is 433 g/mol. The average molecular weight is 433 g/mol. The van der Waals surface area contributed by atoms with Gasteiger partial charge >= 0.3 is 0 Å². The SMILES string of the molecule is CI.CN(C)CCCC1CC2c3ccccc3C1c1ccccc12. The van der Waals surface area contributed by atoms with Crippen LogP contribution in [-0.2, 0) is 0 Å². The smallest absolute Gasteiger partial charge is 0.0124 e. The molecule has 0 amide bonds. The van der Waals surface area contributed by atoms with Crippen molar-refractivity contribution in [3.05, 3.63) is 70.8 Å². The molecule has 0 spiro atoms. The van der Waals surface area contributed by atoms with Crippen molar-refractivity contribution in [2.24, 2.45) is 5.92 Å². The van der Waals surface area contributed by atoms with Crippen LogP contribution in [0.1, 0.15) is 53.4 Å². The Kier molecular flexibility index (Phi) is 5.98. The summed E-state index contributed by atoms with van der Waals surface area (Å²) in [5.41, 5.74) is 6.39. The van der Waals surface area contributed by atoms with Crippen molar-refractivity contribution in [3.8, 4) is 0 Å². The molecule has 2 heteroatoms. The second-order valence-corrected chi connectivity index (χ2v) is 7.23. The summed E-state index contributed by atoms with van der Waals surface area (Å²) in [7, 11) is 4.36. The predicted octanol–water partition coefficient (Wildman–Crippen LogP) is 5.68. The van der Waals surface area contributed by atoms with E-state index in [2.05, 4.69) is 90.1 Å². The first-order valence-electron chi connectivity index (χ1n) is 8.96. The van der Waals surface area contributed by atoms with Gasteiger partial charge in [0.2, 0.25) is 0 Å². The number of benzene rings is 2.